The van der Waals surface area contributed by atoms with Crippen molar-refractivity contribution in [3.8, 4) is 5.75 Å². The van der Waals surface area contributed by atoms with Crippen molar-refractivity contribution < 1.29 is 9.53 Å². The van der Waals surface area contributed by atoms with Gasteiger partial charge in [-0.15, -0.1) is 11.8 Å². The van der Waals surface area contributed by atoms with Gasteiger partial charge in [0.2, 0.25) is 0 Å². The summed E-state index contributed by atoms with van der Waals surface area (Å²) in [5.41, 5.74) is 1.10. The van der Waals surface area contributed by atoms with Gasteiger partial charge in [-0.1, -0.05) is 67.2 Å². The van der Waals surface area contributed by atoms with Crippen molar-refractivity contribution in [2.45, 2.75) is 24.2 Å². The predicted octanol–water partition coefficient (Wildman–Crippen LogP) is 7.20. The molecule has 0 saturated heterocycles. The molecule has 0 bridgehead atoms. The van der Waals surface area contributed by atoms with Crippen LogP contribution in [0.25, 0.3) is 21.5 Å². The highest BCUT2D eigenvalue weighted by Crippen LogP contribution is 2.30. The van der Waals surface area contributed by atoms with Crippen LogP contribution in [0.1, 0.15) is 18.4 Å². The van der Waals surface area contributed by atoms with Crippen molar-refractivity contribution in [2.75, 3.05) is 5.75 Å². The Morgan fingerprint density at radius 2 is 1.60 bits per heavy atom. The number of rotatable bonds is 8. The smallest absolute Gasteiger partial charge is 0.335 e. The quantitative estimate of drug-likeness (QED) is 0.101. The fourth-order valence-electron chi connectivity index (χ4n) is 3.67. The molecular weight excluding hydrogens is 388 g/mol. The lowest BCUT2D eigenvalue weighted by molar-refractivity contribution is -0.129. The third-order valence-corrected chi connectivity index (χ3v) is 6.27. The van der Waals surface area contributed by atoms with Crippen LogP contribution in [0.2, 0.25) is 0 Å². The van der Waals surface area contributed by atoms with Crippen LogP contribution >= 0.6 is 11.8 Å². The Morgan fingerprint density at radius 1 is 0.867 bits per heavy atom. The molecule has 0 aliphatic rings. The molecule has 3 heteroatoms. The Kier molecular flexibility index (Phi) is 6.50. The minimum atomic E-state index is -0.418. The Bertz CT molecular complexity index is 1200. The monoisotopic (exact) mass is 412 g/mol. The van der Waals surface area contributed by atoms with Crippen LogP contribution < -0.4 is 4.74 Å². The lowest BCUT2D eigenvalue weighted by Crippen LogP contribution is -2.06. The molecule has 0 aliphatic carbocycles. The van der Waals surface area contributed by atoms with Crippen LogP contribution in [0.5, 0.6) is 5.75 Å². The summed E-state index contributed by atoms with van der Waals surface area (Å²) in [5.74, 6) is 1.28. The Morgan fingerprint density at radius 3 is 2.43 bits per heavy atom. The molecule has 2 nitrogen and oxygen atoms in total. The first-order valence-corrected chi connectivity index (χ1v) is 11.2. The van der Waals surface area contributed by atoms with Gasteiger partial charge in [-0.3, -0.25) is 0 Å². The van der Waals surface area contributed by atoms with Crippen molar-refractivity contribution in [3.05, 3.63) is 97.1 Å². The number of carbonyl (C=O) groups is 1. The molecule has 0 aromatic heterocycles. The van der Waals surface area contributed by atoms with Crippen LogP contribution in [0.15, 0.2) is 96.4 Å². The summed E-state index contributed by atoms with van der Waals surface area (Å²) in [6.07, 6.45) is 4.21. The number of thioether (sulfide) groups is 1. The van der Waals surface area contributed by atoms with Crippen molar-refractivity contribution >= 4 is 39.3 Å². The average Bonchev–Trinajstić information content (AvgIpc) is 2.79. The van der Waals surface area contributed by atoms with Gasteiger partial charge < -0.3 is 4.74 Å². The van der Waals surface area contributed by atoms with E-state index in [4.69, 9.17) is 4.74 Å². The Hall–Kier alpha value is -3.04. The molecule has 4 aromatic carbocycles. The molecule has 0 aliphatic heterocycles. The number of hydrogen-bond donors (Lipinski definition) is 0. The molecule has 4 aromatic rings. The summed E-state index contributed by atoms with van der Waals surface area (Å²) >= 11 is 1.89. The average molecular weight is 413 g/mol. The molecule has 0 radical (unpaired) electrons. The zero-order valence-electron chi connectivity index (χ0n) is 16.8. The summed E-state index contributed by atoms with van der Waals surface area (Å²) in [4.78, 5) is 13.1. The van der Waals surface area contributed by atoms with Gasteiger partial charge in [0, 0.05) is 16.5 Å². The van der Waals surface area contributed by atoms with E-state index < -0.39 is 5.97 Å². The maximum Gasteiger partial charge on any atom is 0.335 e. The summed E-state index contributed by atoms with van der Waals surface area (Å²) in [6, 6.07) is 27.2. The third-order valence-electron chi connectivity index (χ3n) is 5.19. The predicted molar refractivity (Wildman–Crippen MR) is 127 cm³/mol. The van der Waals surface area contributed by atoms with Crippen molar-refractivity contribution in [1.82, 2.24) is 0 Å². The molecule has 30 heavy (non-hydrogen) atoms. The number of ether oxygens (including phenoxy) is 1. The maximum absolute atomic E-state index is 11.8. The third kappa shape index (κ3) is 4.74. The highest BCUT2D eigenvalue weighted by Gasteiger charge is 2.11. The lowest BCUT2D eigenvalue weighted by Gasteiger charge is -2.12. The zero-order chi connectivity index (χ0) is 20.8. The fraction of sp³-hybridized carbons (Fsp3) is 0.148. The summed E-state index contributed by atoms with van der Waals surface area (Å²) < 4.78 is 5.51. The van der Waals surface area contributed by atoms with Crippen LogP contribution in [-0.4, -0.2) is 11.7 Å². The van der Waals surface area contributed by atoms with Gasteiger partial charge in [0.15, 0.2) is 0 Å². The van der Waals surface area contributed by atoms with Crippen molar-refractivity contribution in [3.63, 3.8) is 0 Å². The molecule has 0 heterocycles. The van der Waals surface area contributed by atoms with Crippen LogP contribution in [0.4, 0.5) is 0 Å². The SMILES string of the molecule is C=CC(=O)Oc1ccc2ccccc2c1CCCCSc1ccc2ccccc2c1. The lowest BCUT2D eigenvalue weighted by atomic mass is 9.99. The topological polar surface area (TPSA) is 26.3 Å². The van der Waals surface area contributed by atoms with Crippen molar-refractivity contribution in [1.29, 1.82) is 0 Å². The Balaban J connectivity index is 1.40. The number of hydrogen-bond acceptors (Lipinski definition) is 3. The van der Waals surface area contributed by atoms with E-state index in [1.165, 1.54) is 21.7 Å². The van der Waals surface area contributed by atoms with E-state index in [1.807, 2.05) is 36.0 Å². The number of fused-ring (bicyclic) bond motifs is 2. The van der Waals surface area contributed by atoms with E-state index in [9.17, 15) is 4.79 Å². The standard InChI is InChI=1S/C27H24O2S/c1-2-27(28)29-26-17-15-21-10-5-6-12-24(21)25(26)13-7-8-18-30-23-16-14-20-9-3-4-11-22(20)19-23/h2-6,9-12,14-17,19H,1,7-8,13,18H2. The summed E-state index contributed by atoms with van der Waals surface area (Å²) in [5, 5.41) is 4.87. The second-order valence-corrected chi connectivity index (χ2v) is 8.37. The number of carbonyl (C=O) groups excluding carboxylic acids is 1. The highest BCUT2D eigenvalue weighted by atomic mass is 32.2. The molecule has 0 spiro atoms. The van der Waals surface area contributed by atoms with E-state index in [-0.39, 0.29) is 0 Å². The fourth-order valence-corrected chi connectivity index (χ4v) is 4.63. The largest absolute Gasteiger partial charge is 0.423 e. The molecule has 0 saturated carbocycles. The van der Waals surface area contributed by atoms with Gasteiger partial charge in [0.1, 0.15) is 5.75 Å². The first kappa shape index (κ1) is 20.2. The maximum atomic E-state index is 11.8. The summed E-state index contributed by atoms with van der Waals surface area (Å²) in [7, 11) is 0. The molecule has 0 amide bonds. The van der Waals surface area contributed by atoms with E-state index in [0.29, 0.717) is 5.75 Å². The van der Waals surface area contributed by atoms with E-state index >= 15 is 0 Å². The number of unbranched alkanes of at least 4 members (excludes halogenated alkanes) is 1. The minimum absolute atomic E-state index is 0.418. The number of aryl methyl sites for hydroxylation is 1. The summed E-state index contributed by atoms with van der Waals surface area (Å²) in [6.45, 7) is 3.51. The molecule has 0 unspecified atom stereocenters. The molecular formula is C27H24O2S. The van der Waals surface area contributed by atoms with Crippen molar-refractivity contribution in [2.24, 2.45) is 0 Å². The minimum Gasteiger partial charge on any atom is -0.423 e. The molecule has 0 N–H and O–H groups in total. The van der Waals surface area contributed by atoms with Crippen LogP contribution in [0.3, 0.4) is 0 Å². The highest BCUT2D eigenvalue weighted by molar-refractivity contribution is 7.99. The van der Waals surface area contributed by atoms with Crippen LogP contribution in [0, 0.1) is 0 Å². The first-order chi connectivity index (χ1) is 14.7. The van der Waals surface area contributed by atoms with E-state index in [2.05, 4.69) is 61.2 Å². The second kappa shape index (κ2) is 9.64. The first-order valence-electron chi connectivity index (χ1n) is 10.2. The normalized spacial score (nSPS) is 10.9. The Labute approximate surface area is 181 Å². The molecule has 150 valence electrons. The molecule has 4 rings (SSSR count). The van der Waals surface area contributed by atoms with E-state index in [1.54, 1.807) is 0 Å². The zero-order valence-corrected chi connectivity index (χ0v) is 17.7. The van der Waals surface area contributed by atoms with Gasteiger partial charge in [0.05, 0.1) is 0 Å². The van der Waals surface area contributed by atoms with Gasteiger partial charge in [-0.05, 0) is 64.8 Å². The van der Waals surface area contributed by atoms with Crippen LogP contribution in [-0.2, 0) is 11.2 Å². The second-order valence-electron chi connectivity index (χ2n) is 7.20. The van der Waals surface area contributed by atoms with E-state index in [0.717, 1.165) is 41.4 Å². The van der Waals surface area contributed by atoms with Gasteiger partial charge in [-0.2, -0.15) is 0 Å². The number of benzene rings is 4. The van der Waals surface area contributed by atoms with Gasteiger partial charge >= 0.3 is 5.97 Å². The van der Waals surface area contributed by atoms with Gasteiger partial charge in [0.25, 0.3) is 0 Å². The number of esters is 1. The molecule has 0 fully saturated rings. The molecule has 0 atom stereocenters. The van der Waals surface area contributed by atoms with Gasteiger partial charge in [-0.25, -0.2) is 4.79 Å².